The molecule has 0 spiro atoms. The number of rotatable bonds is 7. The van der Waals surface area contributed by atoms with Gasteiger partial charge in [-0.15, -0.1) is 0 Å². The summed E-state index contributed by atoms with van der Waals surface area (Å²) in [5.74, 6) is 2.40. The molecule has 6 heteroatoms. The maximum Gasteiger partial charge on any atom is 0.314 e. The normalized spacial score (nSPS) is 17.7. The highest BCUT2D eigenvalue weighted by molar-refractivity contribution is 7.99. The molecule has 1 aliphatic heterocycles. The highest BCUT2D eigenvalue weighted by Crippen LogP contribution is 2.21. The number of hydrogen-bond donors (Lipinski definition) is 3. The molecule has 0 saturated carbocycles. The minimum Gasteiger partial charge on any atom is -0.481 e. The number of thioether (sulfide) groups is 1. The Morgan fingerprint density at radius 1 is 1.32 bits per heavy atom. The van der Waals surface area contributed by atoms with E-state index in [1.807, 2.05) is 18.7 Å². The fourth-order valence-corrected chi connectivity index (χ4v) is 3.19. The van der Waals surface area contributed by atoms with Crippen molar-refractivity contribution in [1.82, 2.24) is 10.6 Å². The SMILES string of the molecule is CC(CCC(=O)O)CNC(=O)NCC1CCSCC1. The van der Waals surface area contributed by atoms with Crippen LogP contribution in [0.15, 0.2) is 0 Å². The van der Waals surface area contributed by atoms with Crippen molar-refractivity contribution < 1.29 is 14.7 Å². The van der Waals surface area contributed by atoms with E-state index in [-0.39, 0.29) is 18.4 Å². The lowest BCUT2D eigenvalue weighted by Crippen LogP contribution is -2.40. The molecular formula is C13H24N2O3S. The summed E-state index contributed by atoms with van der Waals surface area (Å²) in [4.78, 5) is 22.0. The van der Waals surface area contributed by atoms with Gasteiger partial charge in [-0.2, -0.15) is 11.8 Å². The molecule has 0 aromatic carbocycles. The summed E-state index contributed by atoms with van der Waals surface area (Å²) in [7, 11) is 0. The minimum atomic E-state index is -0.786. The molecule has 110 valence electrons. The molecule has 0 bridgehead atoms. The van der Waals surface area contributed by atoms with Crippen LogP contribution in [0, 0.1) is 11.8 Å². The number of carboxylic acids is 1. The Bertz CT molecular complexity index is 294. The van der Waals surface area contributed by atoms with Crippen LogP contribution in [0.4, 0.5) is 4.79 Å². The van der Waals surface area contributed by atoms with E-state index in [9.17, 15) is 9.59 Å². The first-order valence-electron chi connectivity index (χ1n) is 6.89. The van der Waals surface area contributed by atoms with Crippen molar-refractivity contribution in [1.29, 1.82) is 0 Å². The van der Waals surface area contributed by atoms with Gasteiger partial charge in [-0.3, -0.25) is 4.79 Å². The fraction of sp³-hybridized carbons (Fsp3) is 0.846. The van der Waals surface area contributed by atoms with E-state index in [1.54, 1.807) is 0 Å². The third-order valence-corrected chi connectivity index (χ3v) is 4.40. The number of carboxylic acid groups (broad SMARTS) is 1. The van der Waals surface area contributed by atoms with Gasteiger partial charge in [-0.1, -0.05) is 6.92 Å². The smallest absolute Gasteiger partial charge is 0.314 e. The van der Waals surface area contributed by atoms with E-state index in [1.165, 1.54) is 24.3 Å². The van der Waals surface area contributed by atoms with E-state index in [4.69, 9.17) is 5.11 Å². The van der Waals surface area contributed by atoms with Crippen molar-refractivity contribution in [3.8, 4) is 0 Å². The van der Waals surface area contributed by atoms with Crippen LogP contribution >= 0.6 is 11.8 Å². The molecule has 1 unspecified atom stereocenters. The van der Waals surface area contributed by atoms with Crippen LogP contribution in [-0.4, -0.2) is 41.7 Å². The van der Waals surface area contributed by atoms with Crippen molar-refractivity contribution in [3.63, 3.8) is 0 Å². The topological polar surface area (TPSA) is 78.4 Å². The third kappa shape index (κ3) is 7.97. The molecule has 2 amide bonds. The molecule has 3 N–H and O–H groups in total. The Kier molecular flexibility index (Phi) is 7.70. The predicted molar refractivity (Wildman–Crippen MR) is 77.5 cm³/mol. The van der Waals surface area contributed by atoms with Gasteiger partial charge >= 0.3 is 12.0 Å². The molecule has 1 fully saturated rings. The highest BCUT2D eigenvalue weighted by Gasteiger charge is 2.14. The molecule has 5 nitrogen and oxygen atoms in total. The average molecular weight is 288 g/mol. The van der Waals surface area contributed by atoms with Gasteiger partial charge in [0.05, 0.1) is 0 Å². The molecule has 0 radical (unpaired) electrons. The second-order valence-corrected chi connectivity index (χ2v) is 6.41. The second-order valence-electron chi connectivity index (χ2n) is 5.18. The van der Waals surface area contributed by atoms with Crippen molar-refractivity contribution in [2.24, 2.45) is 11.8 Å². The van der Waals surface area contributed by atoms with Crippen LogP contribution in [0.2, 0.25) is 0 Å². The zero-order valence-electron chi connectivity index (χ0n) is 11.5. The number of hydrogen-bond acceptors (Lipinski definition) is 3. The molecule has 1 atom stereocenters. The lowest BCUT2D eigenvalue weighted by Gasteiger charge is -2.21. The number of carbonyl (C=O) groups is 2. The predicted octanol–water partition coefficient (Wildman–Crippen LogP) is 1.93. The maximum atomic E-state index is 11.6. The number of aliphatic carboxylic acids is 1. The van der Waals surface area contributed by atoms with Crippen LogP contribution < -0.4 is 10.6 Å². The average Bonchev–Trinajstić information content (AvgIpc) is 2.41. The molecule has 1 aliphatic rings. The Morgan fingerprint density at radius 2 is 2.00 bits per heavy atom. The number of carbonyl (C=O) groups excluding carboxylic acids is 1. The van der Waals surface area contributed by atoms with E-state index in [0.29, 0.717) is 18.9 Å². The second kappa shape index (κ2) is 9.07. The first-order valence-corrected chi connectivity index (χ1v) is 8.04. The minimum absolute atomic E-state index is 0.139. The summed E-state index contributed by atoms with van der Waals surface area (Å²) >= 11 is 1.98. The molecule has 1 saturated heterocycles. The van der Waals surface area contributed by atoms with E-state index >= 15 is 0 Å². The molecular weight excluding hydrogens is 264 g/mol. The van der Waals surface area contributed by atoms with E-state index < -0.39 is 5.97 Å². The third-order valence-electron chi connectivity index (χ3n) is 3.35. The van der Waals surface area contributed by atoms with Gasteiger partial charge in [0.15, 0.2) is 0 Å². The largest absolute Gasteiger partial charge is 0.481 e. The van der Waals surface area contributed by atoms with Gasteiger partial charge in [-0.05, 0) is 42.6 Å². The molecule has 0 aromatic heterocycles. The summed E-state index contributed by atoms with van der Waals surface area (Å²) in [6.45, 7) is 3.22. The lowest BCUT2D eigenvalue weighted by molar-refractivity contribution is -0.137. The zero-order chi connectivity index (χ0) is 14.1. The zero-order valence-corrected chi connectivity index (χ0v) is 12.3. The van der Waals surface area contributed by atoms with Gasteiger partial charge < -0.3 is 15.7 Å². The van der Waals surface area contributed by atoms with Crippen LogP contribution in [0.5, 0.6) is 0 Å². The molecule has 1 heterocycles. The number of amides is 2. The summed E-state index contributed by atoms with van der Waals surface area (Å²) in [5, 5.41) is 14.3. The summed E-state index contributed by atoms with van der Waals surface area (Å²) in [6, 6.07) is -0.139. The lowest BCUT2D eigenvalue weighted by atomic mass is 10.0. The summed E-state index contributed by atoms with van der Waals surface area (Å²) in [5.41, 5.74) is 0. The van der Waals surface area contributed by atoms with Crippen LogP contribution in [-0.2, 0) is 4.79 Å². The van der Waals surface area contributed by atoms with Crippen molar-refractivity contribution >= 4 is 23.8 Å². The monoisotopic (exact) mass is 288 g/mol. The Hall–Kier alpha value is -0.910. The number of urea groups is 1. The first-order chi connectivity index (χ1) is 9.08. The van der Waals surface area contributed by atoms with Crippen molar-refractivity contribution in [2.45, 2.75) is 32.6 Å². The maximum absolute atomic E-state index is 11.6. The van der Waals surface area contributed by atoms with Gasteiger partial charge in [0.25, 0.3) is 0 Å². The van der Waals surface area contributed by atoms with E-state index in [0.717, 1.165) is 6.54 Å². The molecule has 1 rings (SSSR count). The highest BCUT2D eigenvalue weighted by atomic mass is 32.2. The quantitative estimate of drug-likeness (QED) is 0.669. The molecule has 0 aromatic rings. The van der Waals surface area contributed by atoms with Gasteiger partial charge in [0.2, 0.25) is 0 Å². The van der Waals surface area contributed by atoms with Crippen LogP contribution in [0.25, 0.3) is 0 Å². The molecule has 19 heavy (non-hydrogen) atoms. The summed E-state index contributed by atoms with van der Waals surface area (Å²) < 4.78 is 0. The van der Waals surface area contributed by atoms with Crippen molar-refractivity contribution in [2.75, 3.05) is 24.6 Å². The summed E-state index contributed by atoms with van der Waals surface area (Å²) in [6.07, 6.45) is 3.11. The number of nitrogens with one attached hydrogen (secondary N) is 2. The van der Waals surface area contributed by atoms with Crippen LogP contribution in [0.3, 0.4) is 0 Å². The van der Waals surface area contributed by atoms with E-state index in [2.05, 4.69) is 10.6 Å². The fourth-order valence-electron chi connectivity index (χ4n) is 1.99. The Balaban J connectivity index is 2.05. The Labute approximate surface area is 118 Å². The van der Waals surface area contributed by atoms with Gasteiger partial charge in [-0.25, -0.2) is 4.79 Å². The molecule has 0 aliphatic carbocycles. The van der Waals surface area contributed by atoms with Crippen molar-refractivity contribution in [3.05, 3.63) is 0 Å². The van der Waals surface area contributed by atoms with Crippen LogP contribution in [0.1, 0.15) is 32.6 Å². The standard InChI is InChI=1S/C13H24N2O3S/c1-10(2-3-12(16)17)8-14-13(18)15-9-11-4-6-19-7-5-11/h10-11H,2-9H2,1H3,(H,16,17)(H2,14,15,18). The van der Waals surface area contributed by atoms with Gasteiger partial charge in [0.1, 0.15) is 0 Å². The van der Waals surface area contributed by atoms with Gasteiger partial charge in [0, 0.05) is 19.5 Å². The first kappa shape index (κ1) is 16.1. The Morgan fingerprint density at radius 3 is 2.63 bits per heavy atom.